The summed E-state index contributed by atoms with van der Waals surface area (Å²) < 4.78 is 4.87. The zero-order chi connectivity index (χ0) is 7.98. The molecule has 0 aromatic heterocycles. The first kappa shape index (κ1) is 9.49. The molecule has 10 heavy (non-hydrogen) atoms. The molecule has 0 bridgehead atoms. The molecule has 0 amide bonds. The fourth-order valence-corrected chi connectivity index (χ4v) is 0.431. The molecule has 0 aromatic rings. The summed E-state index contributed by atoms with van der Waals surface area (Å²) in [7, 11) is 1.54. The average Bonchev–Trinajstić information content (AvgIpc) is 1.88. The number of rotatable bonds is 5. The lowest BCUT2D eigenvalue weighted by molar-refractivity contribution is -0.140. The molecule has 1 unspecified atom stereocenters. The minimum absolute atomic E-state index is 0.341. The van der Waals surface area contributed by atoms with Crippen molar-refractivity contribution >= 4 is 13.5 Å². The average molecular weight is 143 g/mol. The number of hydrogen-bond acceptors (Lipinski definition) is 2. The van der Waals surface area contributed by atoms with E-state index in [1.54, 1.807) is 14.4 Å². The molecule has 4 heteroatoms. The van der Waals surface area contributed by atoms with Crippen molar-refractivity contribution in [2.24, 2.45) is 5.92 Å². The van der Waals surface area contributed by atoms with E-state index in [9.17, 15) is 4.79 Å². The summed E-state index contributed by atoms with van der Waals surface area (Å²) in [5.74, 6) is -1.12. The minimum atomic E-state index is -0.782. The molecular weight excluding hydrogens is 131 g/mol. The van der Waals surface area contributed by atoms with E-state index in [0.717, 1.165) is 0 Å². The lowest BCUT2D eigenvalue weighted by atomic mass is 9.86. The SMILES string of the molecule is CCO[B]CC(C)C(=O)O. The van der Waals surface area contributed by atoms with Crippen molar-refractivity contribution in [1.29, 1.82) is 0 Å². The number of carboxylic acid groups (broad SMARTS) is 1. The standard InChI is InChI=1S/C6H12BO3/c1-3-10-7-4-5(2)6(8)9/h5H,3-4H2,1-2H3,(H,8,9). The Morgan fingerprint density at radius 2 is 2.40 bits per heavy atom. The third-order valence-corrected chi connectivity index (χ3v) is 1.16. The fourth-order valence-electron chi connectivity index (χ4n) is 0.431. The molecule has 1 radical (unpaired) electrons. The maximum atomic E-state index is 10.2. The van der Waals surface area contributed by atoms with E-state index in [0.29, 0.717) is 12.9 Å². The van der Waals surface area contributed by atoms with Crippen molar-refractivity contribution in [3.8, 4) is 0 Å². The van der Waals surface area contributed by atoms with Gasteiger partial charge in [0, 0.05) is 12.5 Å². The van der Waals surface area contributed by atoms with Crippen LogP contribution in [0.5, 0.6) is 0 Å². The summed E-state index contributed by atoms with van der Waals surface area (Å²) in [4.78, 5) is 10.2. The first-order chi connectivity index (χ1) is 4.68. The zero-order valence-corrected chi connectivity index (χ0v) is 6.33. The van der Waals surface area contributed by atoms with Crippen molar-refractivity contribution in [3.05, 3.63) is 0 Å². The monoisotopic (exact) mass is 143 g/mol. The van der Waals surface area contributed by atoms with Gasteiger partial charge in [-0.15, -0.1) is 0 Å². The van der Waals surface area contributed by atoms with Crippen LogP contribution in [0.4, 0.5) is 0 Å². The summed E-state index contributed by atoms with van der Waals surface area (Å²) in [6.07, 6.45) is 0.475. The summed E-state index contributed by atoms with van der Waals surface area (Å²) in [5.41, 5.74) is 0. The minimum Gasteiger partial charge on any atom is -0.481 e. The Morgan fingerprint density at radius 3 is 2.80 bits per heavy atom. The fraction of sp³-hybridized carbons (Fsp3) is 0.833. The van der Waals surface area contributed by atoms with E-state index < -0.39 is 5.97 Å². The van der Waals surface area contributed by atoms with Crippen LogP contribution in [-0.4, -0.2) is 25.2 Å². The maximum Gasteiger partial charge on any atom is 0.305 e. The second kappa shape index (κ2) is 5.29. The van der Waals surface area contributed by atoms with Crippen LogP contribution in [0, 0.1) is 5.92 Å². The number of carboxylic acids is 1. The van der Waals surface area contributed by atoms with Crippen LogP contribution in [0.1, 0.15) is 13.8 Å². The van der Waals surface area contributed by atoms with Gasteiger partial charge in [0.15, 0.2) is 0 Å². The van der Waals surface area contributed by atoms with Crippen molar-refractivity contribution in [1.82, 2.24) is 0 Å². The Hall–Kier alpha value is -0.505. The van der Waals surface area contributed by atoms with Crippen LogP contribution in [0.25, 0.3) is 0 Å². The molecular formula is C6H12BO3. The predicted octanol–water partition coefficient (Wildman–Crippen LogP) is 0.781. The van der Waals surface area contributed by atoms with Crippen molar-refractivity contribution in [3.63, 3.8) is 0 Å². The number of aliphatic carboxylic acids is 1. The highest BCUT2D eigenvalue weighted by Crippen LogP contribution is 2.00. The van der Waals surface area contributed by atoms with Gasteiger partial charge in [-0.1, -0.05) is 6.92 Å². The summed E-state index contributed by atoms with van der Waals surface area (Å²) in [6.45, 7) is 4.12. The topological polar surface area (TPSA) is 46.5 Å². The highest BCUT2D eigenvalue weighted by molar-refractivity contribution is 6.27. The highest BCUT2D eigenvalue weighted by atomic mass is 16.4. The van der Waals surface area contributed by atoms with Crippen LogP contribution in [0.3, 0.4) is 0 Å². The third kappa shape index (κ3) is 4.38. The lowest BCUT2D eigenvalue weighted by Gasteiger charge is -2.02. The molecule has 0 aromatic carbocycles. The van der Waals surface area contributed by atoms with Crippen LogP contribution >= 0.6 is 0 Å². The van der Waals surface area contributed by atoms with Crippen molar-refractivity contribution in [2.45, 2.75) is 20.2 Å². The Kier molecular flexibility index (Phi) is 5.03. The van der Waals surface area contributed by atoms with Gasteiger partial charge in [0.2, 0.25) is 0 Å². The smallest absolute Gasteiger partial charge is 0.305 e. The molecule has 0 heterocycles. The molecule has 0 saturated heterocycles. The quantitative estimate of drug-likeness (QED) is 0.456. The molecule has 0 aliphatic rings. The van der Waals surface area contributed by atoms with Gasteiger partial charge in [-0.2, -0.15) is 0 Å². The second-order valence-corrected chi connectivity index (χ2v) is 2.10. The molecule has 0 spiro atoms. The molecule has 3 nitrogen and oxygen atoms in total. The van der Waals surface area contributed by atoms with Crippen LogP contribution in [0.2, 0.25) is 6.32 Å². The van der Waals surface area contributed by atoms with E-state index >= 15 is 0 Å². The number of hydrogen-bond donors (Lipinski definition) is 1. The third-order valence-electron chi connectivity index (χ3n) is 1.16. The molecule has 0 aliphatic heterocycles. The largest absolute Gasteiger partial charge is 0.481 e. The van der Waals surface area contributed by atoms with Gasteiger partial charge < -0.3 is 9.76 Å². The summed E-state index contributed by atoms with van der Waals surface area (Å²) in [6, 6.07) is 0. The molecule has 0 fully saturated rings. The van der Waals surface area contributed by atoms with Crippen molar-refractivity contribution < 1.29 is 14.6 Å². The highest BCUT2D eigenvalue weighted by Gasteiger charge is 2.10. The van der Waals surface area contributed by atoms with Crippen LogP contribution in [-0.2, 0) is 9.45 Å². The van der Waals surface area contributed by atoms with Gasteiger partial charge in [-0.25, -0.2) is 0 Å². The molecule has 0 saturated carbocycles. The molecule has 1 atom stereocenters. The van der Waals surface area contributed by atoms with Gasteiger partial charge in [-0.3, -0.25) is 4.79 Å². The Labute approximate surface area is 61.7 Å². The van der Waals surface area contributed by atoms with Crippen LogP contribution < -0.4 is 0 Å². The summed E-state index contributed by atoms with van der Waals surface area (Å²) in [5, 5.41) is 8.41. The van der Waals surface area contributed by atoms with Crippen molar-refractivity contribution in [2.75, 3.05) is 6.61 Å². The lowest BCUT2D eigenvalue weighted by Crippen LogP contribution is -2.13. The molecule has 1 N–H and O–H groups in total. The van der Waals surface area contributed by atoms with E-state index in [1.165, 1.54) is 0 Å². The number of carbonyl (C=O) groups is 1. The van der Waals surface area contributed by atoms with E-state index in [-0.39, 0.29) is 5.92 Å². The van der Waals surface area contributed by atoms with E-state index in [2.05, 4.69) is 0 Å². The Balaban J connectivity index is 3.21. The predicted molar refractivity (Wildman–Crippen MR) is 39.0 cm³/mol. The first-order valence-corrected chi connectivity index (χ1v) is 3.34. The normalized spacial score (nSPS) is 12.6. The van der Waals surface area contributed by atoms with Gasteiger partial charge >= 0.3 is 5.97 Å². The second-order valence-electron chi connectivity index (χ2n) is 2.10. The molecule has 0 rings (SSSR count). The van der Waals surface area contributed by atoms with E-state index in [1.807, 2.05) is 6.92 Å². The maximum absolute atomic E-state index is 10.2. The Morgan fingerprint density at radius 1 is 1.80 bits per heavy atom. The van der Waals surface area contributed by atoms with Gasteiger partial charge in [-0.05, 0) is 13.2 Å². The van der Waals surface area contributed by atoms with Crippen LogP contribution in [0.15, 0.2) is 0 Å². The molecule has 0 aliphatic carbocycles. The van der Waals surface area contributed by atoms with Gasteiger partial charge in [0.1, 0.15) is 0 Å². The van der Waals surface area contributed by atoms with Gasteiger partial charge in [0.05, 0.1) is 0 Å². The first-order valence-electron chi connectivity index (χ1n) is 3.34. The Bertz CT molecular complexity index is 105. The van der Waals surface area contributed by atoms with Gasteiger partial charge in [0.25, 0.3) is 7.48 Å². The summed E-state index contributed by atoms with van der Waals surface area (Å²) >= 11 is 0. The zero-order valence-electron chi connectivity index (χ0n) is 6.33. The molecule has 57 valence electrons. The van der Waals surface area contributed by atoms with E-state index in [4.69, 9.17) is 9.76 Å².